The molecule has 1 aromatic heterocycles. The molecule has 2 N–H and O–H groups in total. The molecule has 0 saturated carbocycles. The lowest BCUT2D eigenvalue weighted by Crippen LogP contribution is -2.36. The minimum Gasteiger partial charge on any atom is -0.480 e. The van der Waals surface area contributed by atoms with Gasteiger partial charge in [-0.2, -0.15) is 5.10 Å². The molecule has 2 heterocycles. The van der Waals surface area contributed by atoms with Crippen LogP contribution in [0.25, 0.3) is 0 Å². The second-order valence-electron chi connectivity index (χ2n) is 5.29. The van der Waals surface area contributed by atoms with Gasteiger partial charge in [0.2, 0.25) is 0 Å². The molecule has 1 aromatic rings. The third-order valence-corrected chi connectivity index (χ3v) is 3.97. The number of carboxylic acids is 1. The molecule has 0 aromatic carbocycles. The Morgan fingerprint density at radius 2 is 2.26 bits per heavy atom. The Labute approximate surface area is 114 Å². The second-order valence-corrected chi connectivity index (χ2v) is 5.29. The summed E-state index contributed by atoms with van der Waals surface area (Å²) in [6.07, 6.45) is 6.65. The van der Waals surface area contributed by atoms with Crippen molar-refractivity contribution in [1.82, 2.24) is 15.1 Å². The van der Waals surface area contributed by atoms with E-state index in [0.29, 0.717) is 12.5 Å². The zero-order chi connectivity index (χ0) is 13.8. The van der Waals surface area contributed by atoms with Crippen molar-refractivity contribution in [2.24, 2.45) is 0 Å². The normalized spacial score (nSPS) is 23.1. The number of aromatic nitrogens is 2. The fourth-order valence-corrected chi connectivity index (χ4v) is 2.78. The van der Waals surface area contributed by atoms with E-state index in [1.165, 1.54) is 0 Å². The van der Waals surface area contributed by atoms with Crippen molar-refractivity contribution in [3.63, 3.8) is 0 Å². The number of hydrogen-bond acceptors (Lipinski definition) is 3. The van der Waals surface area contributed by atoms with Crippen LogP contribution in [0.1, 0.15) is 51.3 Å². The number of carboxylic acid groups (broad SMARTS) is 1. The van der Waals surface area contributed by atoms with Gasteiger partial charge < -0.3 is 10.4 Å². The lowest BCUT2D eigenvalue weighted by molar-refractivity contribution is -0.139. The Bertz CT molecular complexity index is 426. The first-order valence-electron chi connectivity index (χ1n) is 7.16. The van der Waals surface area contributed by atoms with Gasteiger partial charge in [0, 0.05) is 18.7 Å². The van der Waals surface area contributed by atoms with Crippen LogP contribution in [-0.4, -0.2) is 32.9 Å². The van der Waals surface area contributed by atoms with E-state index in [-0.39, 0.29) is 12.1 Å². The number of nitrogens with one attached hydrogen (secondary N) is 1. The van der Waals surface area contributed by atoms with Crippen LogP contribution in [-0.2, 0) is 11.2 Å². The lowest BCUT2D eigenvalue weighted by atomic mass is 10.1. The molecule has 2 rings (SSSR count). The molecule has 1 saturated heterocycles. The molecule has 5 heteroatoms. The predicted octanol–water partition coefficient (Wildman–Crippen LogP) is 1.99. The zero-order valence-corrected chi connectivity index (χ0v) is 11.7. The number of nitrogens with zero attached hydrogens (tertiary/aromatic N) is 2. The molecule has 106 valence electrons. The highest BCUT2D eigenvalue weighted by atomic mass is 16.4. The van der Waals surface area contributed by atoms with Gasteiger partial charge in [-0.15, -0.1) is 0 Å². The van der Waals surface area contributed by atoms with Crippen LogP contribution in [0.15, 0.2) is 12.3 Å². The van der Waals surface area contributed by atoms with Crippen molar-refractivity contribution in [3.8, 4) is 0 Å². The smallest absolute Gasteiger partial charge is 0.320 e. The monoisotopic (exact) mass is 265 g/mol. The maximum atomic E-state index is 10.9. The van der Waals surface area contributed by atoms with Gasteiger partial charge in [0.25, 0.3) is 0 Å². The van der Waals surface area contributed by atoms with Gasteiger partial charge in [0.1, 0.15) is 6.04 Å². The molecule has 2 unspecified atom stereocenters. The summed E-state index contributed by atoms with van der Waals surface area (Å²) < 4.78 is 2.04. The Morgan fingerprint density at radius 1 is 1.53 bits per heavy atom. The average molecular weight is 265 g/mol. The van der Waals surface area contributed by atoms with Gasteiger partial charge in [0.05, 0.1) is 11.7 Å². The van der Waals surface area contributed by atoms with E-state index < -0.39 is 5.97 Å². The summed E-state index contributed by atoms with van der Waals surface area (Å²) in [6.45, 7) is 4.34. The van der Waals surface area contributed by atoms with Crippen LogP contribution in [0.5, 0.6) is 0 Å². The van der Waals surface area contributed by atoms with Crippen molar-refractivity contribution < 1.29 is 9.90 Å². The topological polar surface area (TPSA) is 67.2 Å². The number of hydrogen-bond donors (Lipinski definition) is 2. The molecule has 5 nitrogen and oxygen atoms in total. The molecule has 0 bridgehead atoms. The van der Waals surface area contributed by atoms with Crippen molar-refractivity contribution in [1.29, 1.82) is 0 Å². The van der Waals surface area contributed by atoms with Crippen molar-refractivity contribution in [2.75, 3.05) is 0 Å². The first kappa shape index (κ1) is 14.1. The van der Waals surface area contributed by atoms with E-state index in [1.807, 2.05) is 16.9 Å². The summed E-state index contributed by atoms with van der Waals surface area (Å²) >= 11 is 0. The van der Waals surface area contributed by atoms with Crippen LogP contribution < -0.4 is 5.32 Å². The molecule has 1 aliphatic rings. The summed E-state index contributed by atoms with van der Waals surface area (Å²) in [6, 6.07) is 2.38. The van der Waals surface area contributed by atoms with Crippen LogP contribution in [0, 0.1) is 0 Å². The standard InChI is InChI=1S/C14H23N3O2/c1-3-12(4-2)17-8-7-11(16-17)9-10-5-6-13(15-10)14(18)19/h7-8,10,12-13,15H,3-6,9H2,1-2H3,(H,18,19). The third-order valence-electron chi connectivity index (χ3n) is 3.97. The maximum absolute atomic E-state index is 10.9. The van der Waals surface area contributed by atoms with E-state index >= 15 is 0 Å². The van der Waals surface area contributed by atoms with Crippen molar-refractivity contribution >= 4 is 5.97 Å². The molecule has 0 spiro atoms. The highest BCUT2D eigenvalue weighted by Gasteiger charge is 2.29. The first-order valence-corrected chi connectivity index (χ1v) is 7.16. The fourth-order valence-electron chi connectivity index (χ4n) is 2.78. The number of carbonyl (C=O) groups is 1. The summed E-state index contributed by atoms with van der Waals surface area (Å²) in [4.78, 5) is 10.9. The Balaban J connectivity index is 1.92. The highest BCUT2D eigenvalue weighted by Crippen LogP contribution is 2.18. The van der Waals surface area contributed by atoms with Gasteiger partial charge in [0.15, 0.2) is 0 Å². The third kappa shape index (κ3) is 3.35. The zero-order valence-electron chi connectivity index (χ0n) is 11.7. The SMILES string of the molecule is CCC(CC)n1ccc(CC2CCC(C(=O)O)N2)n1. The summed E-state index contributed by atoms with van der Waals surface area (Å²) in [5, 5.41) is 16.7. The quantitative estimate of drug-likeness (QED) is 0.825. The van der Waals surface area contributed by atoms with Crippen LogP contribution >= 0.6 is 0 Å². The average Bonchev–Trinajstić information content (AvgIpc) is 3.01. The second kappa shape index (κ2) is 6.19. The summed E-state index contributed by atoms with van der Waals surface area (Å²) in [5.74, 6) is -0.745. The fraction of sp³-hybridized carbons (Fsp3) is 0.714. The predicted molar refractivity (Wildman–Crippen MR) is 73.1 cm³/mol. The summed E-state index contributed by atoms with van der Waals surface area (Å²) in [7, 11) is 0. The molecular formula is C14H23N3O2. The van der Waals surface area contributed by atoms with E-state index in [4.69, 9.17) is 5.11 Å². The lowest BCUT2D eigenvalue weighted by Gasteiger charge is -2.13. The molecule has 19 heavy (non-hydrogen) atoms. The van der Waals surface area contributed by atoms with Gasteiger partial charge in [-0.05, 0) is 31.7 Å². The first-order chi connectivity index (χ1) is 9.13. The Morgan fingerprint density at radius 3 is 2.84 bits per heavy atom. The minimum absolute atomic E-state index is 0.242. The highest BCUT2D eigenvalue weighted by molar-refractivity contribution is 5.73. The Hall–Kier alpha value is -1.36. The summed E-state index contributed by atoms with van der Waals surface area (Å²) in [5.41, 5.74) is 1.05. The molecule has 0 amide bonds. The van der Waals surface area contributed by atoms with Gasteiger partial charge in [-0.25, -0.2) is 0 Å². The molecule has 1 fully saturated rings. The maximum Gasteiger partial charge on any atom is 0.320 e. The molecule has 0 aliphatic carbocycles. The van der Waals surface area contributed by atoms with E-state index in [0.717, 1.165) is 31.4 Å². The van der Waals surface area contributed by atoms with Crippen LogP contribution in [0.3, 0.4) is 0 Å². The molecule has 2 atom stereocenters. The van der Waals surface area contributed by atoms with Crippen molar-refractivity contribution in [2.45, 2.75) is 64.1 Å². The van der Waals surface area contributed by atoms with E-state index in [9.17, 15) is 4.79 Å². The van der Waals surface area contributed by atoms with Gasteiger partial charge in [-0.3, -0.25) is 9.48 Å². The number of rotatable bonds is 6. The van der Waals surface area contributed by atoms with Gasteiger partial charge >= 0.3 is 5.97 Å². The molecule has 0 radical (unpaired) electrons. The van der Waals surface area contributed by atoms with Crippen LogP contribution in [0.4, 0.5) is 0 Å². The largest absolute Gasteiger partial charge is 0.480 e. The van der Waals surface area contributed by atoms with Crippen LogP contribution in [0.2, 0.25) is 0 Å². The Kier molecular flexibility index (Phi) is 4.58. The molecular weight excluding hydrogens is 242 g/mol. The number of aliphatic carboxylic acids is 1. The van der Waals surface area contributed by atoms with E-state index in [1.54, 1.807) is 0 Å². The minimum atomic E-state index is -0.745. The van der Waals surface area contributed by atoms with Crippen molar-refractivity contribution in [3.05, 3.63) is 18.0 Å². The van der Waals surface area contributed by atoms with Gasteiger partial charge in [-0.1, -0.05) is 13.8 Å². The van der Waals surface area contributed by atoms with E-state index in [2.05, 4.69) is 24.3 Å². The molecule has 1 aliphatic heterocycles.